The molecule has 0 aromatic rings. The second-order valence-electron chi connectivity index (χ2n) is 4.23. The van der Waals surface area contributed by atoms with Crippen molar-refractivity contribution in [2.45, 2.75) is 31.4 Å². The summed E-state index contributed by atoms with van der Waals surface area (Å²) in [5, 5.41) is 0. The van der Waals surface area contributed by atoms with E-state index in [9.17, 15) is 4.21 Å². The Morgan fingerprint density at radius 3 is 2.23 bits per heavy atom. The molecule has 0 radical (unpaired) electrons. The summed E-state index contributed by atoms with van der Waals surface area (Å²) in [6.45, 7) is 7.20. The maximum Gasteiger partial charge on any atom is 0.0532 e. The predicted molar refractivity (Wildman–Crippen MR) is 56.5 cm³/mol. The standard InChI is InChI=1S/C9H20N2OS/c1-4-11-7-5-9(2,6-8-11)13(3,10)12/h10H,4-8H2,1-3H3. The molecule has 0 aromatic heterocycles. The molecule has 1 N–H and O–H groups in total. The van der Waals surface area contributed by atoms with Crippen LogP contribution in [0.25, 0.3) is 0 Å². The summed E-state index contributed by atoms with van der Waals surface area (Å²) < 4.78 is 19.1. The summed E-state index contributed by atoms with van der Waals surface area (Å²) in [6, 6.07) is 0. The molecule has 78 valence electrons. The van der Waals surface area contributed by atoms with Gasteiger partial charge in [-0.3, -0.25) is 4.78 Å². The third kappa shape index (κ3) is 2.23. The molecule has 1 rings (SSSR count). The minimum atomic E-state index is -2.38. The Morgan fingerprint density at radius 2 is 1.92 bits per heavy atom. The van der Waals surface area contributed by atoms with E-state index in [1.54, 1.807) is 6.26 Å². The Kier molecular flexibility index (Phi) is 3.02. The van der Waals surface area contributed by atoms with E-state index in [2.05, 4.69) is 11.8 Å². The number of piperidine rings is 1. The average Bonchev–Trinajstić information content (AvgIpc) is 2.04. The Hall–Kier alpha value is -0.0900. The van der Waals surface area contributed by atoms with Gasteiger partial charge in [0.2, 0.25) is 0 Å². The van der Waals surface area contributed by atoms with Gasteiger partial charge in [0.05, 0.1) is 4.75 Å². The molecule has 1 aliphatic rings. The van der Waals surface area contributed by atoms with Gasteiger partial charge in [0, 0.05) is 16.0 Å². The van der Waals surface area contributed by atoms with E-state index >= 15 is 0 Å². The van der Waals surface area contributed by atoms with Crippen LogP contribution in [0.5, 0.6) is 0 Å². The van der Waals surface area contributed by atoms with E-state index in [-0.39, 0.29) is 4.75 Å². The van der Waals surface area contributed by atoms with Crippen LogP contribution in [0.3, 0.4) is 0 Å². The van der Waals surface area contributed by atoms with Crippen molar-refractivity contribution in [2.75, 3.05) is 25.9 Å². The molecule has 0 aromatic carbocycles. The second kappa shape index (κ2) is 3.58. The van der Waals surface area contributed by atoms with E-state index in [4.69, 9.17) is 4.78 Å². The minimum absolute atomic E-state index is 0.251. The van der Waals surface area contributed by atoms with Crippen LogP contribution in [0, 0.1) is 4.78 Å². The van der Waals surface area contributed by atoms with Gasteiger partial charge in [-0.1, -0.05) is 6.92 Å². The average molecular weight is 204 g/mol. The lowest BCUT2D eigenvalue weighted by Gasteiger charge is -2.38. The molecule has 1 aliphatic heterocycles. The smallest absolute Gasteiger partial charge is 0.0532 e. The molecule has 1 atom stereocenters. The Balaban J connectivity index is 2.68. The van der Waals surface area contributed by atoms with Crippen molar-refractivity contribution in [3.8, 4) is 0 Å². The Morgan fingerprint density at radius 1 is 1.46 bits per heavy atom. The molecule has 0 bridgehead atoms. The van der Waals surface area contributed by atoms with Gasteiger partial charge in [0.1, 0.15) is 0 Å². The summed E-state index contributed by atoms with van der Waals surface area (Å²) in [6.07, 6.45) is 3.38. The fourth-order valence-corrected chi connectivity index (χ4v) is 2.69. The summed E-state index contributed by atoms with van der Waals surface area (Å²) in [7, 11) is -2.38. The van der Waals surface area contributed by atoms with Gasteiger partial charge in [0.25, 0.3) is 0 Å². The molecule has 1 unspecified atom stereocenters. The lowest BCUT2D eigenvalue weighted by atomic mass is 9.98. The molecule has 0 spiro atoms. The lowest BCUT2D eigenvalue weighted by Crippen LogP contribution is -2.46. The quantitative estimate of drug-likeness (QED) is 0.741. The Labute approximate surface area is 81.5 Å². The minimum Gasteiger partial charge on any atom is -0.304 e. The first-order valence-electron chi connectivity index (χ1n) is 4.85. The third-order valence-electron chi connectivity index (χ3n) is 3.30. The first kappa shape index (κ1) is 11.0. The molecular weight excluding hydrogens is 184 g/mol. The first-order valence-corrected chi connectivity index (χ1v) is 6.81. The maximum atomic E-state index is 11.7. The van der Waals surface area contributed by atoms with E-state index in [1.165, 1.54) is 0 Å². The SMILES string of the molecule is CCN1CCC(C)(S(C)(=N)=O)CC1. The van der Waals surface area contributed by atoms with E-state index < -0.39 is 9.73 Å². The molecule has 1 heterocycles. The normalized spacial score (nSPS) is 28.2. The Bertz CT molecular complexity index is 263. The van der Waals surface area contributed by atoms with Crippen LogP contribution in [0.4, 0.5) is 0 Å². The maximum absolute atomic E-state index is 11.7. The molecule has 0 amide bonds. The van der Waals surface area contributed by atoms with Crippen LogP contribution in [0.2, 0.25) is 0 Å². The van der Waals surface area contributed by atoms with Crippen molar-refractivity contribution in [3.05, 3.63) is 0 Å². The summed E-state index contributed by atoms with van der Waals surface area (Å²) in [5.74, 6) is 0. The lowest BCUT2D eigenvalue weighted by molar-refractivity contribution is 0.213. The number of nitrogens with zero attached hydrogens (tertiary/aromatic N) is 1. The largest absolute Gasteiger partial charge is 0.304 e. The van der Waals surface area contributed by atoms with Gasteiger partial charge in [-0.05, 0) is 39.4 Å². The highest BCUT2D eigenvalue weighted by molar-refractivity contribution is 7.93. The zero-order chi connectivity index (χ0) is 10.1. The molecule has 0 aliphatic carbocycles. The van der Waals surface area contributed by atoms with E-state index in [1.807, 2.05) is 6.92 Å². The third-order valence-corrected chi connectivity index (χ3v) is 5.59. The van der Waals surface area contributed by atoms with Crippen molar-refractivity contribution < 1.29 is 4.21 Å². The zero-order valence-electron chi connectivity index (χ0n) is 8.80. The van der Waals surface area contributed by atoms with Gasteiger partial charge in [-0.25, -0.2) is 4.21 Å². The molecule has 4 heteroatoms. The van der Waals surface area contributed by atoms with Crippen molar-refractivity contribution in [2.24, 2.45) is 0 Å². The number of nitrogens with one attached hydrogen (secondary N) is 1. The van der Waals surface area contributed by atoms with Gasteiger partial charge in [-0.2, -0.15) is 0 Å². The van der Waals surface area contributed by atoms with E-state index in [0.29, 0.717) is 0 Å². The predicted octanol–water partition coefficient (Wildman–Crippen LogP) is 1.54. The molecule has 13 heavy (non-hydrogen) atoms. The van der Waals surface area contributed by atoms with Gasteiger partial charge in [-0.15, -0.1) is 0 Å². The molecule has 0 saturated carbocycles. The van der Waals surface area contributed by atoms with Crippen molar-refractivity contribution in [1.82, 2.24) is 4.90 Å². The molecule has 1 saturated heterocycles. The second-order valence-corrected chi connectivity index (χ2v) is 6.90. The highest BCUT2D eigenvalue weighted by Gasteiger charge is 2.35. The van der Waals surface area contributed by atoms with Crippen molar-refractivity contribution in [3.63, 3.8) is 0 Å². The molecule has 1 fully saturated rings. The fourth-order valence-electron chi connectivity index (χ4n) is 1.73. The zero-order valence-corrected chi connectivity index (χ0v) is 9.62. The van der Waals surface area contributed by atoms with Gasteiger partial charge in [0.15, 0.2) is 0 Å². The summed E-state index contributed by atoms with van der Waals surface area (Å²) in [5.41, 5.74) is 0. The first-order chi connectivity index (χ1) is 5.89. The van der Waals surface area contributed by atoms with Crippen LogP contribution >= 0.6 is 0 Å². The summed E-state index contributed by atoms with van der Waals surface area (Å²) >= 11 is 0. The van der Waals surface area contributed by atoms with Crippen LogP contribution in [-0.2, 0) is 9.73 Å². The number of rotatable bonds is 2. The molecule has 3 nitrogen and oxygen atoms in total. The number of hydrogen-bond donors (Lipinski definition) is 1. The van der Waals surface area contributed by atoms with Crippen molar-refractivity contribution in [1.29, 1.82) is 4.78 Å². The van der Waals surface area contributed by atoms with Gasteiger partial charge >= 0.3 is 0 Å². The molecular formula is C9H20N2OS. The van der Waals surface area contributed by atoms with Crippen LogP contribution < -0.4 is 0 Å². The monoisotopic (exact) mass is 204 g/mol. The number of hydrogen-bond acceptors (Lipinski definition) is 3. The highest BCUT2D eigenvalue weighted by Crippen LogP contribution is 2.29. The fraction of sp³-hybridized carbons (Fsp3) is 1.00. The van der Waals surface area contributed by atoms with Crippen LogP contribution in [0.1, 0.15) is 26.7 Å². The summed E-state index contributed by atoms with van der Waals surface area (Å²) in [4.78, 5) is 2.35. The topological polar surface area (TPSA) is 44.2 Å². The van der Waals surface area contributed by atoms with Crippen LogP contribution in [0.15, 0.2) is 0 Å². The number of likely N-dealkylation sites (tertiary alicyclic amines) is 1. The van der Waals surface area contributed by atoms with E-state index in [0.717, 1.165) is 32.5 Å². The highest BCUT2D eigenvalue weighted by atomic mass is 32.2. The van der Waals surface area contributed by atoms with Crippen LogP contribution in [-0.4, -0.2) is 39.7 Å². The van der Waals surface area contributed by atoms with Gasteiger partial charge < -0.3 is 4.90 Å². The van der Waals surface area contributed by atoms with Crippen molar-refractivity contribution >= 4 is 9.73 Å².